The molecule has 6 heteroatoms. The van der Waals surface area contributed by atoms with Crippen LogP contribution in [-0.2, 0) is 6.54 Å². The highest BCUT2D eigenvalue weighted by Crippen LogP contribution is 2.17. The Morgan fingerprint density at radius 1 is 1.15 bits per heavy atom. The Morgan fingerprint density at radius 2 is 1.80 bits per heavy atom. The van der Waals surface area contributed by atoms with Gasteiger partial charge in [0.1, 0.15) is 0 Å². The van der Waals surface area contributed by atoms with Crippen molar-refractivity contribution in [3.05, 3.63) is 73.3 Å². The number of nitrogens with zero attached hydrogens (tertiary/aromatic N) is 1. The minimum Gasteiger partial charge on any atom is -0.348 e. The lowest BCUT2D eigenvalue weighted by Crippen LogP contribution is -2.24. The molecule has 2 aromatic rings. The SMILES string of the molecule is O=C(NCc1ccccc1[N+](=O)[O-])c1ccccc1I. The van der Waals surface area contributed by atoms with Crippen LogP contribution >= 0.6 is 22.6 Å². The summed E-state index contributed by atoms with van der Waals surface area (Å²) in [7, 11) is 0. The highest BCUT2D eigenvalue weighted by molar-refractivity contribution is 14.1. The van der Waals surface area contributed by atoms with Crippen LogP contribution in [0.1, 0.15) is 15.9 Å². The van der Waals surface area contributed by atoms with E-state index in [1.807, 2.05) is 12.1 Å². The minimum absolute atomic E-state index is 0.00978. The number of carbonyl (C=O) groups excluding carboxylic acids is 1. The number of carbonyl (C=O) groups is 1. The van der Waals surface area contributed by atoms with Crippen LogP contribution in [0.5, 0.6) is 0 Å². The number of halogens is 1. The average Bonchev–Trinajstić information content (AvgIpc) is 2.45. The standard InChI is InChI=1S/C14H11IN2O3/c15-12-7-3-2-6-11(12)14(18)16-9-10-5-1-4-8-13(10)17(19)20/h1-8H,9H2,(H,16,18). The van der Waals surface area contributed by atoms with E-state index in [2.05, 4.69) is 27.9 Å². The Kier molecular flexibility index (Phi) is 4.67. The van der Waals surface area contributed by atoms with E-state index in [9.17, 15) is 14.9 Å². The molecule has 1 amide bonds. The Bertz CT molecular complexity index is 658. The predicted octanol–water partition coefficient (Wildman–Crippen LogP) is 3.13. The van der Waals surface area contributed by atoms with Gasteiger partial charge in [-0.25, -0.2) is 0 Å². The van der Waals surface area contributed by atoms with Crippen molar-refractivity contribution < 1.29 is 9.72 Å². The molecule has 0 heterocycles. The van der Waals surface area contributed by atoms with Gasteiger partial charge >= 0.3 is 0 Å². The second-order valence-corrected chi connectivity index (χ2v) is 5.21. The van der Waals surface area contributed by atoms with Crippen molar-refractivity contribution in [1.29, 1.82) is 0 Å². The molecule has 0 radical (unpaired) electrons. The van der Waals surface area contributed by atoms with E-state index in [4.69, 9.17) is 0 Å². The number of rotatable bonds is 4. The molecule has 0 spiro atoms. The number of benzene rings is 2. The molecule has 0 bridgehead atoms. The van der Waals surface area contributed by atoms with Crippen LogP contribution in [0.2, 0.25) is 0 Å². The van der Waals surface area contributed by atoms with E-state index in [0.717, 1.165) is 3.57 Å². The van der Waals surface area contributed by atoms with Crippen molar-refractivity contribution in [2.45, 2.75) is 6.54 Å². The molecule has 0 aliphatic carbocycles. The number of nitro benzene ring substituents is 1. The minimum atomic E-state index is -0.451. The Morgan fingerprint density at radius 3 is 2.50 bits per heavy atom. The first-order valence-electron chi connectivity index (χ1n) is 5.84. The molecule has 0 saturated heterocycles. The first kappa shape index (κ1) is 14.4. The largest absolute Gasteiger partial charge is 0.348 e. The molecule has 0 unspecified atom stereocenters. The molecule has 1 N–H and O–H groups in total. The lowest BCUT2D eigenvalue weighted by Gasteiger charge is -2.07. The van der Waals surface area contributed by atoms with Crippen molar-refractivity contribution >= 4 is 34.2 Å². The zero-order valence-electron chi connectivity index (χ0n) is 10.4. The van der Waals surface area contributed by atoms with E-state index in [1.165, 1.54) is 6.07 Å². The third-order valence-electron chi connectivity index (χ3n) is 2.75. The molecule has 0 saturated carbocycles. The highest BCUT2D eigenvalue weighted by atomic mass is 127. The Balaban J connectivity index is 2.12. The van der Waals surface area contributed by atoms with Gasteiger partial charge in [-0.2, -0.15) is 0 Å². The van der Waals surface area contributed by atoms with Crippen LogP contribution < -0.4 is 5.32 Å². The van der Waals surface area contributed by atoms with Crippen LogP contribution in [0.25, 0.3) is 0 Å². The van der Waals surface area contributed by atoms with E-state index in [1.54, 1.807) is 30.3 Å². The van der Waals surface area contributed by atoms with Crippen LogP contribution in [0, 0.1) is 13.7 Å². The second kappa shape index (κ2) is 6.47. The van der Waals surface area contributed by atoms with Gasteiger partial charge in [0.05, 0.1) is 10.5 Å². The fraction of sp³-hybridized carbons (Fsp3) is 0.0714. The van der Waals surface area contributed by atoms with Crippen molar-refractivity contribution in [2.75, 3.05) is 0 Å². The summed E-state index contributed by atoms with van der Waals surface area (Å²) in [4.78, 5) is 22.5. The number of nitro groups is 1. The fourth-order valence-electron chi connectivity index (χ4n) is 1.75. The molecule has 102 valence electrons. The summed E-state index contributed by atoms with van der Waals surface area (Å²) in [6.45, 7) is 0.126. The number of hydrogen-bond donors (Lipinski definition) is 1. The zero-order chi connectivity index (χ0) is 14.5. The molecule has 0 fully saturated rings. The molecule has 5 nitrogen and oxygen atoms in total. The van der Waals surface area contributed by atoms with Crippen molar-refractivity contribution in [1.82, 2.24) is 5.32 Å². The molecule has 0 aromatic heterocycles. The zero-order valence-corrected chi connectivity index (χ0v) is 12.5. The highest BCUT2D eigenvalue weighted by Gasteiger charge is 2.14. The maximum Gasteiger partial charge on any atom is 0.274 e. The maximum atomic E-state index is 12.0. The number of para-hydroxylation sites is 1. The van der Waals surface area contributed by atoms with Gasteiger partial charge in [0, 0.05) is 21.7 Å². The summed E-state index contributed by atoms with van der Waals surface area (Å²) in [5.41, 5.74) is 1.05. The average molecular weight is 382 g/mol. The quantitative estimate of drug-likeness (QED) is 0.502. The normalized spacial score (nSPS) is 10.1. The van der Waals surface area contributed by atoms with Crippen LogP contribution in [0.3, 0.4) is 0 Å². The van der Waals surface area contributed by atoms with Gasteiger partial charge in [-0.15, -0.1) is 0 Å². The molecule has 0 aliphatic rings. The summed E-state index contributed by atoms with van der Waals surface area (Å²) in [5, 5.41) is 13.6. The van der Waals surface area contributed by atoms with Gasteiger partial charge in [-0.3, -0.25) is 14.9 Å². The first-order chi connectivity index (χ1) is 9.59. The maximum absolute atomic E-state index is 12.0. The molecule has 2 rings (SSSR count). The predicted molar refractivity (Wildman–Crippen MR) is 83.4 cm³/mol. The summed E-state index contributed by atoms with van der Waals surface area (Å²) < 4.78 is 0.838. The number of nitrogens with one attached hydrogen (secondary N) is 1. The summed E-state index contributed by atoms with van der Waals surface area (Å²) in [6.07, 6.45) is 0. The van der Waals surface area contributed by atoms with Crippen molar-refractivity contribution in [3.8, 4) is 0 Å². The van der Waals surface area contributed by atoms with Crippen LogP contribution in [-0.4, -0.2) is 10.8 Å². The fourth-order valence-corrected chi connectivity index (χ4v) is 2.39. The van der Waals surface area contributed by atoms with E-state index in [-0.39, 0.29) is 18.1 Å². The number of amides is 1. The van der Waals surface area contributed by atoms with Gasteiger partial charge in [-0.05, 0) is 34.7 Å². The van der Waals surface area contributed by atoms with Gasteiger partial charge in [0.15, 0.2) is 0 Å². The molecular weight excluding hydrogens is 371 g/mol. The molecular formula is C14H11IN2O3. The topological polar surface area (TPSA) is 72.2 Å². The first-order valence-corrected chi connectivity index (χ1v) is 6.92. The third-order valence-corrected chi connectivity index (χ3v) is 3.69. The summed E-state index contributed by atoms with van der Waals surface area (Å²) in [5.74, 6) is -0.242. The van der Waals surface area contributed by atoms with Gasteiger partial charge in [0.25, 0.3) is 11.6 Å². The molecule has 0 atom stereocenters. The van der Waals surface area contributed by atoms with Crippen LogP contribution in [0.4, 0.5) is 5.69 Å². The van der Waals surface area contributed by atoms with Crippen molar-refractivity contribution in [3.63, 3.8) is 0 Å². The van der Waals surface area contributed by atoms with E-state index >= 15 is 0 Å². The van der Waals surface area contributed by atoms with Gasteiger partial charge < -0.3 is 5.32 Å². The molecule has 20 heavy (non-hydrogen) atoms. The monoisotopic (exact) mass is 382 g/mol. The van der Waals surface area contributed by atoms with Gasteiger partial charge in [0.2, 0.25) is 0 Å². The second-order valence-electron chi connectivity index (χ2n) is 4.05. The summed E-state index contributed by atoms with van der Waals surface area (Å²) in [6, 6.07) is 13.5. The van der Waals surface area contributed by atoms with Crippen molar-refractivity contribution in [2.24, 2.45) is 0 Å². The smallest absolute Gasteiger partial charge is 0.274 e. The lowest BCUT2D eigenvalue weighted by molar-refractivity contribution is -0.385. The molecule has 2 aromatic carbocycles. The number of hydrogen-bond acceptors (Lipinski definition) is 3. The summed E-state index contributed by atoms with van der Waals surface area (Å²) >= 11 is 2.08. The Labute approximate surface area is 129 Å². The lowest BCUT2D eigenvalue weighted by atomic mass is 10.1. The molecule has 0 aliphatic heterocycles. The third kappa shape index (κ3) is 3.32. The Hall–Kier alpha value is -1.96. The van der Waals surface area contributed by atoms with E-state index in [0.29, 0.717) is 11.1 Å². The van der Waals surface area contributed by atoms with E-state index < -0.39 is 4.92 Å². The van der Waals surface area contributed by atoms with Crippen LogP contribution in [0.15, 0.2) is 48.5 Å². The van der Waals surface area contributed by atoms with Gasteiger partial charge in [-0.1, -0.05) is 30.3 Å².